The summed E-state index contributed by atoms with van der Waals surface area (Å²) in [6, 6.07) is 46.0. The fraction of sp³-hybridized carbons (Fsp3) is 0.250. The minimum absolute atomic E-state index is 0.523. The lowest BCUT2D eigenvalue weighted by Crippen LogP contribution is -2.44. The fourth-order valence-corrected chi connectivity index (χ4v) is 12.5. The van der Waals surface area contributed by atoms with Crippen molar-refractivity contribution in [1.29, 1.82) is 0 Å². The lowest BCUT2D eigenvalue weighted by molar-refractivity contribution is 0.168. The van der Waals surface area contributed by atoms with Crippen molar-refractivity contribution in [3.63, 3.8) is 0 Å². The zero-order valence-electron chi connectivity index (χ0n) is 20.6. The van der Waals surface area contributed by atoms with Crippen molar-refractivity contribution in [2.75, 3.05) is 13.1 Å². The smallest absolute Gasteiger partial charge is 0.0282 e. The molecule has 1 fully saturated rings. The highest BCUT2D eigenvalue weighted by Gasteiger charge is 2.36. The van der Waals surface area contributed by atoms with Crippen molar-refractivity contribution < 1.29 is 0 Å². The number of piperidine rings is 1. The lowest BCUT2D eigenvalue weighted by Gasteiger charge is -2.42. The quantitative estimate of drug-likeness (QED) is 0.254. The molecular weight excluding hydrogens is 460 g/mol. The summed E-state index contributed by atoms with van der Waals surface area (Å²) in [6.07, 6.45) is 4.00. The van der Waals surface area contributed by atoms with Crippen LogP contribution in [0.2, 0.25) is 0 Å². The van der Waals surface area contributed by atoms with Crippen LogP contribution in [0.1, 0.15) is 26.2 Å². The van der Waals surface area contributed by atoms with Gasteiger partial charge in [-0.05, 0) is 63.4 Å². The van der Waals surface area contributed by atoms with Gasteiger partial charge in [-0.15, -0.1) is 0 Å². The van der Waals surface area contributed by atoms with E-state index in [9.17, 15) is 0 Å². The number of likely N-dealkylation sites (tertiary alicyclic amines) is 1. The molecule has 1 heterocycles. The van der Waals surface area contributed by atoms with Gasteiger partial charge in [0.25, 0.3) is 0 Å². The standard InChI is InChI=1S/C32H35NP2/c1-27-16-14-15-25-33(27)26-32(34(28-17-6-2-7-18-28)29-19-8-3-9-20-29)35(30-21-10-4-11-22-30)31-23-12-5-13-24-31/h2-13,17-24,27,32H,14-16,25-26H2,1H3. The van der Waals surface area contributed by atoms with Crippen molar-refractivity contribution in [3.8, 4) is 0 Å². The SMILES string of the molecule is CC1CCCCN1CC(P(c1ccccc1)c1ccccc1)P(c1ccccc1)c1ccccc1. The van der Waals surface area contributed by atoms with Crippen LogP contribution in [-0.4, -0.2) is 29.4 Å². The Balaban J connectivity index is 1.69. The molecule has 3 heteroatoms. The third kappa shape index (κ3) is 5.92. The van der Waals surface area contributed by atoms with E-state index in [1.165, 1.54) is 47.0 Å². The predicted molar refractivity (Wildman–Crippen MR) is 157 cm³/mol. The molecule has 1 aliphatic heterocycles. The van der Waals surface area contributed by atoms with Crippen molar-refractivity contribution in [2.45, 2.75) is 37.6 Å². The van der Waals surface area contributed by atoms with Gasteiger partial charge in [0, 0.05) is 18.0 Å². The Hall–Kier alpha value is -2.30. The third-order valence-electron chi connectivity index (χ3n) is 7.07. The highest BCUT2D eigenvalue weighted by Crippen LogP contribution is 2.56. The van der Waals surface area contributed by atoms with E-state index in [2.05, 4.69) is 133 Å². The maximum absolute atomic E-state index is 2.80. The van der Waals surface area contributed by atoms with Crippen molar-refractivity contribution in [3.05, 3.63) is 121 Å². The van der Waals surface area contributed by atoms with E-state index >= 15 is 0 Å². The van der Waals surface area contributed by atoms with Crippen LogP contribution in [0.3, 0.4) is 0 Å². The van der Waals surface area contributed by atoms with Gasteiger partial charge in [0.05, 0.1) is 0 Å². The van der Waals surface area contributed by atoms with Crippen LogP contribution >= 0.6 is 15.8 Å². The van der Waals surface area contributed by atoms with E-state index in [-0.39, 0.29) is 0 Å². The van der Waals surface area contributed by atoms with Gasteiger partial charge in [0.15, 0.2) is 0 Å². The molecule has 0 N–H and O–H groups in total. The molecule has 5 rings (SSSR count). The molecule has 1 nitrogen and oxygen atoms in total. The molecule has 1 unspecified atom stereocenters. The first-order chi connectivity index (χ1) is 17.3. The molecule has 178 valence electrons. The Bertz CT molecular complexity index is 989. The monoisotopic (exact) mass is 495 g/mol. The molecule has 0 spiro atoms. The molecular formula is C32H35NP2. The number of benzene rings is 4. The predicted octanol–water partition coefficient (Wildman–Crippen LogP) is 6.45. The number of hydrogen-bond acceptors (Lipinski definition) is 1. The topological polar surface area (TPSA) is 3.24 Å². The Labute approximate surface area is 213 Å². The van der Waals surface area contributed by atoms with Crippen LogP contribution in [0.25, 0.3) is 0 Å². The summed E-state index contributed by atoms with van der Waals surface area (Å²) in [6.45, 7) is 4.81. The van der Waals surface area contributed by atoms with E-state index in [1.54, 1.807) is 0 Å². The average molecular weight is 496 g/mol. The third-order valence-corrected chi connectivity index (χ3v) is 13.4. The van der Waals surface area contributed by atoms with Crippen LogP contribution < -0.4 is 21.2 Å². The highest BCUT2D eigenvalue weighted by molar-refractivity contribution is 7.89. The molecule has 1 aliphatic rings. The summed E-state index contributed by atoms with van der Waals surface area (Å²) >= 11 is 0. The maximum Gasteiger partial charge on any atom is 0.0282 e. The fourth-order valence-electron chi connectivity index (χ4n) is 5.26. The molecule has 1 saturated heterocycles. The zero-order valence-corrected chi connectivity index (χ0v) is 22.4. The molecule has 0 amide bonds. The summed E-state index contributed by atoms with van der Waals surface area (Å²) in [5.74, 6) is 0. The number of nitrogens with zero attached hydrogens (tertiary/aromatic N) is 1. The van der Waals surface area contributed by atoms with Gasteiger partial charge in [-0.1, -0.05) is 128 Å². The normalized spacial score (nSPS) is 16.7. The van der Waals surface area contributed by atoms with Crippen LogP contribution in [0.15, 0.2) is 121 Å². The first-order valence-corrected chi connectivity index (χ1v) is 15.7. The van der Waals surface area contributed by atoms with Crippen molar-refractivity contribution in [1.82, 2.24) is 4.90 Å². The van der Waals surface area contributed by atoms with E-state index in [1.807, 2.05) is 0 Å². The second-order valence-electron chi connectivity index (χ2n) is 9.40. The molecule has 0 aliphatic carbocycles. The molecule has 0 bridgehead atoms. The van der Waals surface area contributed by atoms with E-state index in [0.717, 1.165) is 6.54 Å². The molecule has 4 aromatic carbocycles. The Morgan fingerprint density at radius 1 is 0.600 bits per heavy atom. The summed E-state index contributed by atoms with van der Waals surface area (Å²) in [4.78, 5) is 2.80. The molecule has 0 radical (unpaired) electrons. The van der Waals surface area contributed by atoms with Crippen molar-refractivity contribution >= 4 is 37.1 Å². The zero-order chi connectivity index (χ0) is 23.9. The highest BCUT2D eigenvalue weighted by atomic mass is 31.2. The van der Waals surface area contributed by atoms with Gasteiger partial charge >= 0.3 is 0 Å². The second-order valence-corrected chi connectivity index (χ2v) is 14.6. The summed E-state index contributed by atoms with van der Waals surface area (Å²) < 4.78 is 0. The Kier molecular flexibility index (Phi) is 8.43. The Morgan fingerprint density at radius 2 is 0.971 bits per heavy atom. The number of rotatable bonds is 8. The summed E-state index contributed by atoms with van der Waals surface area (Å²) in [5.41, 5.74) is 0. The summed E-state index contributed by atoms with van der Waals surface area (Å²) in [7, 11) is -1.12. The minimum atomic E-state index is -0.558. The Morgan fingerprint density at radius 3 is 1.31 bits per heavy atom. The molecule has 0 saturated carbocycles. The van der Waals surface area contributed by atoms with Gasteiger partial charge in [-0.25, -0.2) is 0 Å². The van der Waals surface area contributed by atoms with Crippen LogP contribution in [0.4, 0.5) is 0 Å². The van der Waals surface area contributed by atoms with Gasteiger partial charge in [-0.3, -0.25) is 4.90 Å². The van der Waals surface area contributed by atoms with E-state index < -0.39 is 15.8 Å². The van der Waals surface area contributed by atoms with Gasteiger partial charge in [-0.2, -0.15) is 0 Å². The minimum Gasteiger partial charge on any atom is -0.300 e. The average Bonchev–Trinajstić information content (AvgIpc) is 2.93. The van der Waals surface area contributed by atoms with Gasteiger partial charge in [0.1, 0.15) is 0 Å². The van der Waals surface area contributed by atoms with Crippen LogP contribution in [-0.2, 0) is 0 Å². The van der Waals surface area contributed by atoms with E-state index in [0.29, 0.717) is 11.4 Å². The van der Waals surface area contributed by atoms with Crippen LogP contribution in [0, 0.1) is 0 Å². The van der Waals surface area contributed by atoms with Crippen molar-refractivity contribution in [2.24, 2.45) is 0 Å². The largest absolute Gasteiger partial charge is 0.300 e. The maximum atomic E-state index is 2.80. The number of hydrogen-bond donors (Lipinski definition) is 0. The van der Waals surface area contributed by atoms with Gasteiger partial charge < -0.3 is 0 Å². The molecule has 1 atom stereocenters. The lowest BCUT2D eigenvalue weighted by atomic mass is 10.0. The summed E-state index contributed by atoms with van der Waals surface area (Å²) in [5, 5.41) is 6.48. The van der Waals surface area contributed by atoms with Gasteiger partial charge in [0.2, 0.25) is 0 Å². The first kappa shape index (κ1) is 24.4. The second kappa shape index (κ2) is 12.1. The molecule has 4 aromatic rings. The first-order valence-electron chi connectivity index (χ1n) is 12.8. The van der Waals surface area contributed by atoms with Crippen LogP contribution in [0.5, 0.6) is 0 Å². The molecule has 35 heavy (non-hydrogen) atoms. The van der Waals surface area contributed by atoms with E-state index in [4.69, 9.17) is 0 Å². The molecule has 0 aromatic heterocycles.